The van der Waals surface area contributed by atoms with Gasteiger partial charge in [0, 0.05) is 11.1 Å². The first-order chi connectivity index (χ1) is 12.1. The standard InChI is InChI=1S/C21H17NO3/c1-13-7-14(2)9-17(8-13)20-22-18(21(23)25-20)11-15-10-16-5-3-4-6-19(16)24-12-15/h3-11H,12H2,1-2H3. The Hall–Kier alpha value is -3.14. The Morgan fingerprint density at radius 3 is 2.64 bits per heavy atom. The summed E-state index contributed by atoms with van der Waals surface area (Å²) in [6, 6.07) is 13.8. The van der Waals surface area contributed by atoms with Gasteiger partial charge in [-0.3, -0.25) is 0 Å². The van der Waals surface area contributed by atoms with Gasteiger partial charge in [-0.05, 0) is 49.8 Å². The predicted octanol–water partition coefficient (Wildman–Crippen LogP) is 3.97. The summed E-state index contributed by atoms with van der Waals surface area (Å²) in [5, 5.41) is 0. The number of nitrogens with zero attached hydrogens (tertiary/aromatic N) is 1. The smallest absolute Gasteiger partial charge is 0.363 e. The lowest BCUT2D eigenvalue weighted by atomic mass is 10.1. The Bertz CT molecular complexity index is 947. The molecule has 4 nitrogen and oxygen atoms in total. The second kappa shape index (κ2) is 6.06. The first-order valence-electron chi connectivity index (χ1n) is 8.12. The largest absolute Gasteiger partial charge is 0.488 e. The number of ether oxygens (including phenoxy) is 2. The highest BCUT2D eigenvalue weighted by Gasteiger charge is 2.25. The second-order valence-corrected chi connectivity index (χ2v) is 6.26. The van der Waals surface area contributed by atoms with Gasteiger partial charge in [0.1, 0.15) is 12.4 Å². The Labute approximate surface area is 146 Å². The normalized spacial score (nSPS) is 17.5. The molecule has 0 saturated carbocycles. The van der Waals surface area contributed by atoms with Crippen molar-refractivity contribution in [3.63, 3.8) is 0 Å². The third kappa shape index (κ3) is 3.11. The van der Waals surface area contributed by atoms with E-state index < -0.39 is 5.97 Å². The SMILES string of the molecule is Cc1cc(C)cc(C2=NC(=CC3=Cc4ccccc4OC3)C(=O)O2)c1. The van der Waals surface area contributed by atoms with Crippen LogP contribution < -0.4 is 4.74 Å². The molecular weight excluding hydrogens is 314 g/mol. The van der Waals surface area contributed by atoms with E-state index in [2.05, 4.69) is 11.1 Å². The van der Waals surface area contributed by atoms with E-state index in [1.165, 1.54) is 0 Å². The minimum atomic E-state index is -0.436. The van der Waals surface area contributed by atoms with Crippen molar-refractivity contribution in [2.24, 2.45) is 4.99 Å². The fraction of sp³-hybridized carbons (Fsp3) is 0.143. The molecule has 0 bridgehead atoms. The van der Waals surface area contributed by atoms with Crippen LogP contribution in [-0.2, 0) is 9.53 Å². The van der Waals surface area contributed by atoms with E-state index >= 15 is 0 Å². The van der Waals surface area contributed by atoms with Crippen LogP contribution in [0.25, 0.3) is 6.08 Å². The van der Waals surface area contributed by atoms with Crippen molar-refractivity contribution in [1.82, 2.24) is 0 Å². The second-order valence-electron chi connectivity index (χ2n) is 6.26. The van der Waals surface area contributed by atoms with Crippen LogP contribution in [-0.4, -0.2) is 18.5 Å². The summed E-state index contributed by atoms with van der Waals surface area (Å²) in [6.45, 7) is 4.42. The fourth-order valence-electron chi connectivity index (χ4n) is 3.02. The lowest BCUT2D eigenvalue weighted by Crippen LogP contribution is -2.08. The van der Waals surface area contributed by atoms with Gasteiger partial charge in [0.05, 0.1) is 0 Å². The third-order valence-electron chi connectivity index (χ3n) is 4.07. The Kier molecular flexibility index (Phi) is 3.73. The van der Waals surface area contributed by atoms with Crippen molar-refractivity contribution < 1.29 is 14.3 Å². The molecule has 25 heavy (non-hydrogen) atoms. The van der Waals surface area contributed by atoms with Crippen LogP contribution in [0.1, 0.15) is 22.3 Å². The summed E-state index contributed by atoms with van der Waals surface area (Å²) in [5.74, 6) is 0.757. The number of benzene rings is 2. The molecule has 0 amide bonds. The van der Waals surface area contributed by atoms with Crippen LogP contribution in [0.5, 0.6) is 5.75 Å². The molecule has 4 heteroatoms. The first kappa shape index (κ1) is 15.4. The number of cyclic esters (lactones) is 1. The van der Waals surface area contributed by atoms with Crippen molar-refractivity contribution in [2.75, 3.05) is 6.61 Å². The van der Waals surface area contributed by atoms with Gasteiger partial charge in [0.15, 0.2) is 5.70 Å². The summed E-state index contributed by atoms with van der Waals surface area (Å²) in [4.78, 5) is 16.6. The zero-order chi connectivity index (χ0) is 17.4. The van der Waals surface area contributed by atoms with Crippen LogP contribution in [0.2, 0.25) is 0 Å². The fourth-order valence-corrected chi connectivity index (χ4v) is 3.02. The zero-order valence-electron chi connectivity index (χ0n) is 14.1. The highest BCUT2D eigenvalue weighted by atomic mass is 16.6. The number of para-hydroxylation sites is 1. The van der Waals surface area contributed by atoms with Gasteiger partial charge >= 0.3 is 5.97 Å². The van der Waals surface area contributed by atoms with Crippen LogP contribution in [0.15, 0.2) is 64.8 Å². The molecule has 2 aromatic rings. The highest BCUT2D eigenvalue weighted by molar-refractivity contribution is 6.11. The summed E-state index contributed by atoms with van der Waals surface area (Å²) in [5.41, 5.74) is 5.19. The molecule has 0 fully saturated rings. The van der Waals surface area contributed by atoms with Crippen LogP contribution in [0, 0.1) is 13.8 Å². The van der Waals surface area contributed by atoms with Gasteiger partial charge in [0.25, 0.3) is 0 Å². The molecule has 0 radical (unpaired) electrons. The van der Waals surface area contributed by atoms with Crippen molar-refractivity contribution >= 4 is 17.9 Å². The summed E-state index contributed by atoms with van der Waals surface area (Å²) < 4.78 is 11.1. The molecule has 2 heterocycles. The first-order valence-corrected chi connectivity index (χ1v) is 8.12. The van der Waals surface area contributed by atoms with E-state index in [-0.39, 0.29) is 0 Å². The van der Waals surface area contributed by atoms with E-state index in [4.69, 9.17) is 9.47 Å². The number of carbonyl (C=O) groups excluding carboxylic acids is 1. The van der Waals surface area contributed by atoms with Crippen LogP contribution in [0.4, 0.5) is 0 Å². The van der Waals surface area contributed by atoms with Crippen molar-refractivity contribution in [2.45, 2.75) is 13.8 Å². The Morgan fingerprint density at radius 2 is 1.84 bits per heavy atom. The van der Waals surface area contributed by atoms with Crippen molar-refractivity contribution in [3.8, 4) is 5.75 Å². The molecule has 124 valence electrons. The number of aliphatic imine (C=N–C) groups is 1. The highest BCUT2D eigenvalue weighted by Crippen LogP contribution is 2.27. The lowest BCUT2D eigenvalue weighted by Gasteiger charge is -2.15. The maximum atomic E-state index is 12.2. The molecule has 2 aliphatic heterocycles. The maximum absolute atomic E-state index is 12.2. The number of aryl methyl sites for hydroxylation is 2. The van der Waals surface area contributed by atoms with Gasteiger partial charge < -0.3 is 9.47 Å². The Balaban J connectivity index is 1.67. The van der Waals surface area contributed by atoms with Gasteiger partial charge in [-0.25, -0.2) is 9.79 Å². The molecule has 0 unspecified atom stereocenters. The predicted molar refractivity (Wildman–Crippen MR) is 96.5 cm³/mol. The third-order valence-corrected chi connectivity index (χ3v) is 4.07. The summed E-state index contributed by atoms with van der Waals surface area (Å²) in [7, 11) is 0. The van der Waals surface area contributed by atoms with E-state index in [1.807, 2.05) is 56.3 Å². The average Bonchev–Trinajstić information content (AvgIpc) is 2.95. The molecule has 0 aromatic heterocycles. The molecule has 0 atom stereocenters. The van der Waals surface area contributed by atoms with Crippen molar-refractivity contribution in [3.05, 3.63) is 82.1 Å². The van der Waals surface area contributed by atoms with E-state index in [0.29, 0.717) is 18.2 Å². The average molecular weight is 331 g/mol. The quantitative estimate of drug-likeness (QED) is 0.618. The summed E-state index contributed by atoms with van der Waals surface area (Å²) >= 11 is 0. The van der Waals surface area contributed by atoms with Crippen LogP contribution >= 0.6 is 0 Å². The van der Waals surface area contributed by atoms with Crippen molar-refractivity contribution in [1.29, 1.82) is 0 Å². The molecule has 0 N–H and O–H groups in total. The summed E-state index contributed by atoms with van der Waals surface area (Å²) in [6.07, 6.45) is 3.73. The lowest BCUT2D eigenvalue weighted by molar-refractivity contribution is -0.130. The number of fused-ring (bicyclic) bond motifs is 1. The van der Waals surface area contributed by atoms with Crippen LogP contribution in [0.3, 0.4) is 0 Å². The number of hydrogen-bond donors (Lipinski definition) is 0. The molecule has 0 aliphatic carbocycles. The minimum absolute atomic E-state index is 0.295. The molecule has 4 rings (SSSR count). The molecule has 2 aliphatic rings. The van der Waals surface area contributed by atoms with Gasteiger partial charge in [-0.2, -0.15) is 0 Å². The van der Waals surface area contributed by atoms with Gasteiger partial charge in [-0.1, -0.05) is 35.4 Å². The maximum Gasteiger partial charge on any atom is 0.363 e. The zero-order valence-corrected chi connectivity index (χ0v) is 14.1. The van der Waals surface area contributed by atoms with Gasteiger partial charge in [-0.15, -0.1) is 0 Å². The number of hydrogen-bond acceptors (Lipinski definition) is 4. The monoisotopic (exact) mass is 331 g/mol. The molecule has 0 spiro atoms. The van der Waals surface area contributed by atoms with E-state index in [0.717, 1.165) is 33.6 Å². The molecule has 2 aromatic carbocycles. The number of carbonyl (C=O) groups is 1. The topological polar surface area (TPSA) is 47.9 Å². The van der Waals surface area contributed by atoms with E-state index in [1.54, 1.807) is 6.08 Å². The minimum Gasteiger partial charge on any atom is -0.488 e. The molecule has 0 saturated heterocycles. The number of rotatable bonds is 2. The number of esters is 1. The van der Waals surface area contributed by atoms with Gasteiger partial charge in [0.2, 0.25) is 5.90 Å². The molecular formula is C21H17NO3. The Morgan fingerprint density at radius 1 is 1.08 bits per heavy atom. The van der Waals surface area contributed by atoms with E-state index in [9.17, 15) is 4.79 Å².